The monoisotopic (exact) mass is 138 g/mol. The summed E-state index contributed by atoms with van der Waals surface area (Å²) in [5, 5.41) is 0. The molecule has 0 heterocycles. The molecule has 1 nitrogen and oxygen atoms in total. The van der Waals surface area contributed by atoms with Crippen LogP contribution in [0.4, 0.5) is 0 Å². The molecule has 0 aromatic heterocycles. The van der Waals surface area contributed by atoms with E-state index >= 15 is 0 Å². The molecule has 0 saturated heterocycles. The van der Waals surface area contributed by atoms with Crippen LogP contribution in [-0.4, -0.2) is 5.78 Å². The van der Waals surface area contributed by atoms with Gasteiger partial charge in [0.2, 0.25) is 0 Å². The van der Waals surface area contributed by atoms with E-state index in [9.17, 15) is 4.79 Å². The van der Waals surface area contributed by atoms with E-state index in [1.165, 1.54) is 6.42 Å². The first-order valence-electron chi connectivity index (χ1n) is 4.15. The van der Waals surface area contributed by atoms with Crippen LogP contribution in [0, 0.1) is 17.3 Å². The standard InChI is InChI=1S/C9H14O/c1-9(2)6-3-4-7(9)8(10)5-6/h6-7H,3-5H2,1-2H3/t6-,7?/m1/s1. The Morgan fingerprint density at radius 3 is 2.30 bits per heavy atom. The van der Waals surface area contributed by atoms with E-state index < -0.39 is 0 Å². The first-order valence-corrected chi connectivity index (χ1v) is 4.15. The molecule has 0 radical (unpaired) electrons. The van der Waals surface area contributed by atoms with Crippen LogP contribution in [0.5, 0.6) is 0 Å². The van der Waals surface area contributed by atoms with Gasteiger partial charge in [0.15, 0.2) is 0 Å². The van der Waals surface area contributed by atoms with Crippen molar-refractivity contribution in [1.29, 1.82) is 0 Å². The minimum absolute atomic E-state index is 0.344. The molecule has 0 amide bonds. The third-order valence-corrected chi connectivity index (χ3v) is 3.59. The maximum Gasteiger partial charge on any atom is 0.136 e. The lowest BCUT2D eigenvalue weighted by Crippen LogP contribution is -2.19. The summed E-state index contributed by atoms with van der Waals surface area (Å²) in [5.41, 5.74) is 0.344. The van der Waals surface area contributed by atoms with Gasteiger partial charge in [-0.3, -0.25) is 4.79 Å². The number of hydrogen-bond donors (Lipinski definition) is 0. The number of carbonyl (C=O) groups is 1. The third kappa shape index (κ3) is 0.561. The molecule has 1 unspecified atom stereocenters. The van der Waals surface area contributed by atoms with Crippen LogP contribution in [0.1, 0.15) is 33.1 Å². The lowest BCUT2D eigenvalue weighted by molar-refractivity contribution is -0.122. The molecule has 1 heteroatoms. The predicted molar refractivity (Wildman–Crippen MR) is 39.6 cm³/mol. The zero-order valence-corrected chi connectivity index (χ0v) is 6.68. The largest absolute Gasteiger partial charge is 0.299 e. The van der Waals surface area contributed by atoms with E-state index in [1.807, 2.05) is 0 Å². The minimum Gasteiger partial charge on any atom is -0.299 e. The Morgan fingerprint density at radius 2 is 2.10 bits per heavy atom. The van der Waals surface area contributed by atoms with Crippen molar-refractivity contribution in [1.82, 2.24) is 0 Å². The van der Waals surface area contributed by atoms with Crippen LogP contribution in [0.25, 0.3) is 0 Å². The molecule has 2 bridgehead atoms. The Bertz CT molecular complexity index is 181. The lowest BCUT2D eigenvalue weighted by atomic mass is 9.82. The highest BCUT2D eigenvalue weighted by Crippen LogP contribution is 2.55. The van der Waals surface area contributed by atoms with Crippen molar-refractivity contribution in [2.24, 2.45) is 17.3 Å². The highest BCUT2D eigenvalue weighted by atomic mass is 16.1. The molecule has 2 rings (SSSR count). The van der Waals surface area contributed by atoms with Gasteiger partial charge in [-0.25, -0.2) is 0 Å². The fourth-order valence-corrected chi connectivity index (χ4v) is 2.72. The molecule has 0 spiro atoms. The van der Waals surface area contributed by atoms with Crippen molar-refractivity contribution in [3.63, 3.8) is 0 Å². The van der Waals surface area contributed by atoms with E-state index in [0.29, 0.717) is 23.0 Å². The molecule has 0 aromatic carbocycles. The Hall–Kier alpha value is -0.330. The van der Waals surface area contributed by atoms with Gasteiger partial charge in [-0.05, 0) is 24.2 Å². The topological polar surface area (TPSA) is 17.1 Å². The molecule has 2 saturated carbocycles. The van der Waals surface area contributed by atoms with E-state index in [4.69, 9.17) is 0 Å². The summed E-state index contributed by atoms with van der Waals surface area (Å²) in [6.07, 6.45) is 3.33. The number of hydrogen-bond acceptors (Lipinski definition) is 1. The second kappa shape index (κ2) is 1.63. The highest BCUT2D eigenvalue weighted by Gasteiger charge is 2.52. The fourth-order valence-electron chi connectivity index (χ4n) is 2.72. The third-order valence-electron chi connectivity index (χ3n) is 3.59. The number of ketones is 1. The smallest absolute Gasteiger partial charge is 0.136 e. The Kier molecular flexibility index (Phi) is 1.04. The molecule has 56 valence electrons. The van der Waals surface area contributed by atoms with Crippen LogP contribution >= 0.6 is 0 Å². The maximum absolute atomic E-state index is 11.3. The van der Waals surface area contributed by atoms with Crippen molar-refractivity contribution >= 4 is 5.78 Å². The molecule has 2 aliphatic rings. The maximum atomic E-state index is 11.3. The summed E-state index contributed by atoms with van der Waals surface area (Å²) in [6, 6.07) is 0. The van der Waals surface area contributed by atoms with Gasteiger partial charge in [0, 0.05) is 12.3 Å². The fraction of sp³-hybridized carbons (Fsp3) is 0.889. The molecule has 0 aliphatic heterocycles. The summed E-state index contributed by atoms with van der Waals surface area (Å²) in [5.74, 6) is 1.66. The van der Waals surface area contributed by atoms with Gasteiger partial charge >= 0.3 is 0 Å². The summed E-state index contributed by atoms with van der Waals surface area (Å²) >= 11 is 0. The second-order valence-corrected chi connectivity index (χ2v) is 4.32. The average molecular weight is 138 g/mol. The van der Waals surface area contributed by atoms with Gasteiger partial charge in [0.25, 0.3) is 0 Å². The van der Waals surface area contributed by atoms with E-state index in [-0.39, 0.29) is 0 Å². The van der Waals surface area contributed by atoms with Crippen LogP contribution in [0.3, 0.4) is 0 Å². The molecule has 10 heavy (non-hydrogen) atoms. The second-order valence-electron chi connectivity index (χ2n) is 4.32. The van der Waals surface area contributed by atoms with Gasteiger partial charge in [-0.1, -0.05) is 13.8 Å². The zero-order chi connectivity index (χ0) is 7.35. The van der Waals surface area contributed by atoms with Crippen molar-refractivity contribution in [2.75, 3.05) is 0 Å². The normalized spacial score (nSPS) is 42.8. The van der Waals surface area contributed by atoms with Crippen LogP contribution in [-0.2, 0) is 4.79 Å². The van der Waals surface area contributed by atoms with Gasteiger partial charge in [0.1, 0.15) is 5.78 Å². The van der Waals surface area contributed by atoms with Crippen LogP contribution in [0.2, 0.25) is 0 Å². The Labute approximate surface area is 61.8 Å². The summed E-state index contributed by atoms with van der Waals surface area (Å²) < 4.78 is 0. The number of Topliss-reactive ketones (excluding diaryl/α,β-unsaturated/α-hetero) is 1. The zero-order valence-electron chi connectivity index (χ0n) is 6.68. The quantitative estimate of drug-likeness (QED) is 0.500. The van der Waals surface area contributed by atoms with Gasteiger partial charge < -0.3 is 0 Å². The van der Waals surface area contributed by atoms with E-state index in [2.05, 4.69) is 13.8 Å². The van der Waals surface area contributed by atoms with E-state index in [0.717, 1.165) is 12.8 Å². The summed E-state index contributed by atoms with van der Waals surface area (Å²) in [7, 11) is 0. The SMILES string of the molecule is CC1(C)C2CC[C@@H]1CC2=O. The Balaban J connectivity index is 2.35. The molecular weight excluding hydrogens is 124 g/mol. The number of carbonyl (C=O) groups excluding carboxylic acids is 1. The molecular formula is C9H14O. The summed E-state index contributed by atoms with van der Waals surface area (Å²) in [4.78, 5) is 11.3. The molecule has 2 aliphatic carbocycles. The number of rotatable bonds is 0. The average Bonchev–Trinajstić information content (AvgIpc) is 2.20. The van der Waals surface area contributed by atoms with E-state index in [1.54, 1.807) is 0 Å². The Morgan fingerprint density at radius 1 is 1.40 bits per heavy atom. The molecule has 2 atom stereocenters. The summed E-state index contributed by atoms with van der Waals surface area (Å²) in [6.45, 7) is 4.50. The van der Waals surface area contributed by atoms with Gasteiger partial charge in [0.05, 0.1) is 0 Å². The first kappa shape index (κ1) is 6.38. The highest BCUT2D eigenvalue weighted by molar-refractivity contribution is 5.85. The molecule has 2 fully saturated rings. The number of fused-ring (bicyclic) bond motifs is 2. The van der Waals surface area contributed by atoms with Crippen LogP contribution < -0.4 is 0 Å². The first-order chi connectivity index (χ1) is 4.62. The minimum atomic E-state index is 0.344. The van der Waals surface area contributed by atoms with Crippen molar-refractivity contribution in [2.45, 2.75) is 33.1 Å². The van der Waals surface area contributed by atoms with Crippen molar-refractivity contribution < 1.29 is 4.79 Å². The molecule has 0 N–H and O–H groups in total. The van der Waals surface area contributed by atoms with Crippen LogP contribution in [0.15, 0.2) is 0 Å². The predicted octanol–water partition coefficient (Wildman–Crippen LogP) is 2.01. The van der Waals surface area contributed by atoms with Gasteiger partial charge in [-0.15, -0.1) is 0 Å². The van der Waals surface area contributed by atoms with Crippen molar-refractivity contribution in [3.8, 4) is 0 Å². The molecule has 0 aromatic rings. The van der Waals surface area contributed by atoms with Gasteiger partial charge in [-0.2, -0.15) is 0 Å². The lowest BCUT2D eigenvalue weighted by Gasteiger charge is -2.21. The van der Waals surface area contributed by atoms with Crippen molar-refractivity contribution in [3.05, 3.63) is 0 Å².